The summed E-state index contributed by atoms with van der Waals surface area (Å²) in [7, 11) is 0. The number of rotatable bonds is 2. The summed E-state index contributed by atoms with van der Waals surface area (Å²) in [5.41, 5.74) is 0.483. The first-order chi connectivity index (χ1) is 5.61. The van der Waals surface area contributed by atoms with Gasteiger partial charge in [0.05, 0.1) is 5.38 Å². The van der Waals surface area contributed by atoms with Gasteiger partial charge in [0.15, 0.2) is 0 Å². The molecule has 0 amide bonds. The Morgan fingerprint density at radius 1 is 1.67 bits per heavy atom. The summed E-state index contributed by atoms with van der Waals surface area (Å²) in [4.78, 5) is 1.33. The SMILES string of the molecule is CC1(C)CC1C(Cl)c1cccs1. The molecule has 66 valence electrons. The molecule has 1 aromatic rings. The Morgan fingerprint density at radius 3 is 2.75 bits per heavy atom. The predicted molar refractivity (Wildman–Crippen MR) is 54.8 cm³/mol. The summed E-state index contributed by atoms with van der Waals surface area (Å²) < 4.78 is 0. The number of hydrogen-bond acceptors (Lipinski definition) is 1. The summed E-state index contributed by atoms with van der Waals surface area (Å²) in [6, 6.07) is 4.21. The van der Waals surface area contributed by atoms with E-state index in [2.05, 4.69) is 31.4 Å². The van der Waals surface area contributed by atoms with Crippen molar-refractivity contribution < 1.29 is 0 Å². The van der Waals surface area contributed by atoms with Crippen LogP contribution >= 0.6 is 22.9 Å². The molecule has 1 heterocycles. The molecule has 2 unspecified atom stereocenters. The molecule has 2 rings (SSSR count). The first kappa shape index (κ1) is 8.58. The van der Waals surface area contributed by atoms with Gasteiger partial charge in [0.25, 0.3) is 0 Å². The third-order valence-corrected chi connectivity index (χ3v) is 4.38. The molecule has 0 radical (unpaired) electrons. The molecule has 2 atom stereocenters. The summed E-state index contributed by atoms with van der Waals surface area (Å²) in [6.07, 6.45) is 1.28. The Morgan fingerprint density at radius 2 is 2.33 bits per heavy atom. The molecule has 0 aromatic carbocycles. The Labute approximate surface area is 82.6 Å². The van der Waals surface area contributed by atoms with Gasteiger partial charge in [-0.05, 0) is 29.2 Å². The number of halogens is 1. The van der Waals surface area contributed by atoms with Crippen LogP contribution in [-0.2, 0) is 0 Å². The van der Waals surface area contributed by atoms with E-state index in [9.17, 15) is 0 Å². The number of alkyl halides is 1. The second kappa shape index (κ2) is 2.74. The molecule has 0 spiro atoms. The maximum atomic E-state index is 6.34. The van der Waals surface area contributed by atoms with Gasteiger partial charge in [0.2, 0.25) is 0 Å². The predicted octanol–water partition coefficient (Wildman–Crippen LogP) is 4.07. The highest BCUT2D eigenvalue weighted by atomic mass is 35.5. The quantitative estimate of drug-likeness (QED) is 0.632. The lowest BCUT2D eigenvalue weighted by Crippen LogP contribution is -1.96. The summed E-state index contributed by atoms with van der Waals surface area (Å²) >= 11 is 8.11. The van der Waals surface area contributed by atoms with Crippen molar-refractivity contribution in [2.45, 2.75) is 25.6 Å². The van der Waals surface area contributed by atoms with Gasteiger partial charge in [-0.2, -0.15) is 0 Å². The van der Waals surface area contributed by atoms with Gasteiger partial charge in [0, 0.05) is 4.88 Å². The normalized spacial score (nSPS) is 28.4. The minimum atomic E-state index is 0.250. The van der Waals surface area contributed by atoms with E-state index in [-0.39, 0.29) is 5.38 Å². The van der Waals surface area contributed by atoms with Crippen LogP contribution in [0.4, 0.5) is 0 Å². The molecule has 0 aliphatic heterocycles. The van der Waals surface area contributed by atoms with Crippen molar-refractivity contribution in [3.63, 3.8) is 0 Å². The maximum Gasteiger partial charge on any atom is 0.0711 e. The lowest BCUT2D eigenvalue weighted by Gasteiger charge is -2.08. The third kappa shape index (κ3) is 1.40. The highest BCUT2D eigenvalue weighted by molar-refractivity contribution is 7.10. The summed E-state index contributed by atoms with van der Waals surface area (Å²) in [6.45, 7) is 4.58. The zero-order chi connectivity index (χ0) is 8.77. The van der Waals surface area contributed by atoms with Gasteiger partial charge in [-0.15, -0.1) is 22.9 Å². The first-order valence-electron chi connectivity index (χ1n) is 4.29. The fraction of sp³-hybridized carbons (Fsp3) is 0.600. The molecular weight excluding hydrogens is 188 g/mol. The summed E-state index contributed by atoms with van der Waals surface area (Å²) in [5, 5.41) is 2.35. The lowest BCUT2D eigenvalue weighted by atomic mass is 10.1. The van der Waals surface area contributed by atoms with Gasteiger partial charge in [-0.1, -0.05) is 19.9 Å². The van der Waals surface area contributed by atoms with E-state index in [0.717, 1.165) is 0 Å². The highest BCUT2D eigenvalue weighted by Crippen LogP contribution is 2.60. The van der Waals surface area contributed by atoms with E-state index in [1.807, 2.05) is 0 Å². The van der Waals surface area contributed by atoms with Crippen LogP contribution in [0.1, 0.15) is 30.5 Å². The van der Waals surface area contributed by atoms with Crippen LogP contribution in [0.15, 0.2) is 17.5 Å². The minimum Gasteiger partial charge on any atom is -0.147 e. The van der Waals surface area contributed by atoms with Gasteiger partial charge >= 0.3 is 0 Å². The largest absolute Gasteiger partial charge is 0.147 e. The molecule has 12 heavy (non-hydrogen) atoms. The second-order valence-corrected chi connectivity index (χ2v) is 5.67. The molecule has 0 N–H and O–H groups in total. The number of hydrogen-bond donors (Lipinski definition) is 0. The molecular formula is C10H13ClS. The van der Waals surface area contributed by atoms with Crippen molar-refractivity contribution in [1.82, 2.24) is 0 Å². The first-order valence-corrected chi connectivity index (χ1v) is 5.60. The fourth-order valence-electron chi connectivity index (χ4n) is 1.65. The standard InChI is InChI=1S/C10H13ClS/c1-10(2)6-7(10)9(11)8-4-3-5-12-8/h3-5,7,9H,6H2,1-2H3. The van der Waals surface area contributed by atoms with Gasteiger partial charge in [0.1, 0.15) is 0 Å². The average molecular weight is 201 g/mol. The van der Waals surface area contributed by atoms with Crippen molar-refractivity contribution in [2.24, 2.45) is 11.3 Å². The van der Waals surface area contributed by atoms with Gasteiger partial charge in [-0.25, -0.2) is 0 Å². The van der Waals surface area contributed by atoms with Crippen molar-refractivity contribution in [3.05, 3.63) is 22.4 Å². The van der Waals surface area contributed by atoms with E-state index < -0.39 is 0 Å². The monoisotopic (exact) mass is 200 g/mol. The Balaban J connectivity index is 2.08. The average Bonchev–Trinajstić information content (AvgIpc) is 2.56. The van der Waals surface area contributed by atoms with Crippen molar-refractivity contribution in [3.8, 4) is 0 Å². The van der Waals surface area contributed by atoms with E-state index in [0.29, 0.717) is 11.3 Å². The molecule has 1 aliphatic carbocycles. The van der Waals surface area contributed by atoms with Crippen LogP contribution in [0.3, 0.4) is 0 Å². The lowest BCUT2D eigenvalue weighted by molar-refractivity contribution is 0.551. The van der Waals surface area contributed by atoms with Crippen LogP contribution in [0.2, 0.25) is 0 Å². The third-order valence-electron chi connectivity index (χ3n) is 2.76. The Bertz CT molecular complexity index is 263. The van der Waals surface area contributed by atoms with Crippen molar-refractivity contribution in [1.29, 1.82) is 0 Å². The van der Waals surface area contributed by atoms with E-state index in [1.165, 1.54) is 11.3 Å². The van der Waals surface area contributed by atoms with E-state index in [4.69, 9.17) is 11.6 Å². The van der Waals surface area contributed by atoms with Crippen LogP contribution in [0.5, 0.6) is 0 Å². The second-order valence-electron chi connectivity index (χ2n) is 4.22. The minimum absolute atomic E-state index is 0.250. The van der Waals surface area contributed by atoms with Gasteiger partial charge in [-0.3, -0.25) is 0 Å². The van der Waals surface area contributed by atoms with E-state index in [1.54, 1.807) is 11.3 Å². The molecule has 0 bridgehead atoms. The van der Waals surface area contributed by atoms with Crippen molar-refractivity contribution >= 4 is 22.9 Å². The molecule has 1 aliphatic rings. The highest BCUT2D eigenvalue weighted by Gasteiger charge is 2.50. The smallest absolute Gasteiger partial charge is 0.0711 e. The van der Waals surface area contributed by atoms with Gasteiger partial charge < -0.3 is 0 Å². The summed E-state index contributed by atoms with van der Waals surface area (Å²) in [5.74, 6) is 0.692. The molecule has 1 fully saturated rings. The maximum absolute atomic E-state index is 6.34. The molecule has 1 aromatic heterocycles. The fourth-order valence-corrected chi connectivity index (χ4v) is 3.08. The van der Waals surface area contributed by atoms with Crippen LogP contribution < -0.4 is 0 Å². The zero-order valence-corrected chi connectivity index (χ0v) is 8.95. The molecule has 0 saturated heterocycles. The van der Waals surface area contributed by atoms with E-state index >= 15 is 0 Å². The Kier molecular flexibility index (Phi) is 1.96. The molecule has 1 saturated carbocycles. The van der Waals surface area contributed by atoms with Crippen LogP contribution in [0.25, 0.3) is 0 Å². The van der Waals surface area contributed by atoms with Crippen LogP contribution in [-0.4, -0.2) is 0 Å². The topological polar surface area (TPSA) is 0 Å². The molecule has 2 heteroatoms. The van der Waals surface area contributed by atoms with Crippen molar-refractivity contribution in [2.75, 3.05) is 0 Å². The van der Waals surface area contributed by atoms with Crippen LogP contribution in [0, 0.1) is 11.3 Å². The molecule has 0 nitrogen and oxygen atoms in total. The Hall–Kier alpha value is -0.0100. The zero-order valence-electron chi connectivity index (χ0n) is 7.38. The number of thiophene rings is 1.